The van der Waals surface area contributed by atoms with E-state index in [-0.39, 0.29) is 42.5 Å². The second-order valence-corrected chi connectivity index (χ2v) is 9.27. The first-order valence-electron chi connectivity index (χ1n) is 12.2. The van der Waals surface area contributed by atoms with Crippen LogP contribution < -0.4 is 5.32 Å². The number of nitrogens with zero attached hydrogens (tertiary/aromatic N) is 1. The first-order valence-corrected chi connectivity index (χ1v) is 12.2. The van der Waals surface area contributed by atoms with Gasteiger partial charge in [-0.05, 0) is 53.8 Å². The minimum atomic E-state index is -0.872. The zero-order valence-electron chi connectivity index (χ0n) is 19.8. The van der Waals surface area contributed by atoms with E-state index in [1.807, 2.05) is 42.5 Å². The van der Waals surface area contributed by atoms with E-state index in [2.05, 4.69) is 5.32 Å². The van der Waals surface area contributed by atoms with Crippen LogP contribution in [0.3, 0.4) is 0 Å². The van der Waals surface area contributed by atoms with Crippen LogP contribution in [-0.2, 0) is 20.7 Å². The van der Waals surface area contributed by atoms with Crippen LogP contribution in [0.1, 0.15) is 28.8 Å². The lowest BCUT2D eigenvalue weighted by Gasteiger charge is -2.37. The van der Waals surface area contributed by atoms with Crippen molar-refractivity contribution in [1.82, 2.24) is 10.2 Å². The van der Waals surface area contributed by atoms with Crippen LogP contribution in [0, 0.1) is 0 Å². The SMILES string of the molecule is O=C(N[C@@H](Cc1ccc(O)cc1)C(=O)N1CCC[C@H]2OCC(=O)[C@H]21)c1ccc(-c2ccccc2)cc1. The molecule has 2 heterocycles. The van der Waals surface area contributed by atoms with Crippen LogP contribution in [0.2, 0.25) is 0 Å². The van der Waals surface area contributed by atoms with Gasteiger partial charge in [-0.15, -0.1) is 0 Å². The van der Waals surface area contributed by atoms with Gasteiger partial charge in [0.25, 0.3) is 5.91 Å². The maximum atomic E-state index is 13.7. The number of Topliss-reactive ketones (excluding diaryl/α,β-unsaturated/α-hetero) is 1. The smallest absolute Gasteiger partial charge is 0.251 e. The Morgan fingerprint density at radius 2 is 1.67 bits per heavy atom. The fraction of sp³-hybridized carbons (Fsp3) is 0.276. The minimum absolute atomic E-state index is 0.0157. The fourth-order valence-corrected chi connectivity index (χ4v) is 4.99. The van der Waals surface area contributed by atoms with Gasteiger partial charge in [0.05, 0.1) is 6.10 Å². The molecular formula is C29H28N2O5. The van der Waals surface area contributed by atoms with Gasteiger partial charge in [0.15, 0.2) is 5.78 Å². The lowest BCUT2D eigenvalue weighted by atomic mass is 9.95. The molecule has 2 aliphatic heterocycles. The van der Waals surface area contributed by atoms with E-state index < -0.39 is 12.1 Å². The standard InChI is InChI=1S/C29H28N2O5/c32-23-14-8-19(9-15-23)17-24(29(35)31-16-4-7-26-27(31)25(33)18-36-26)30-28(34)22-12-10-21(11-13-22)20-5-2-1-3-6-20/h1-3,5-6,8-15,24,26-27,32H,4,7,16-18H2,(H,30,34)/t24-,26+,27+/m0/s1. The molecule has 0 bridgehead atoms. The van der Waals surface area contributed by atoms with E-state index in [4.69, 9.17) is 4.74 Å². The Morgan fingerprint density at radius 3 is 2.39 bits per heavy atom. The molecule has 7 heteroatoms. The third-order valence-corrected chi connectivity index (χ3v) is 6.86. The summed E-state index contributed by atoms with van der Waals surface area (Å²) in [7, 11) is 0. The summed E-state index contributed by atoms with van der Waals surface area (Å²) in [6.07, 6.45) is 1.42. The van der Waals surface area contributed by atoms with Crippen LogP contribution >= 0.6 is 0 Å². The maximum absolute atomic E-state index is 13.7. The number of carbonyl (C=O) groups excluding carboxylic acids is 3. The Balaban J connectivity index is 1.37. The van der Waals surface area contributed by atoms with E-state index in [0.717, 1.165) is 29.5 Å². The second kappa shape index (κ2) is 10.3. The highest BCUT2D eigenvalue weighted by molar-refractivity contribution is 5.99. The first-order chi connectivity index (χ1) is 17.5. The third-order valence-electron chi connectivity index (χ3n) is 6.86. The van der Waals surface area contributed by atoms with Gasteiger partial charge in [-0.25, -0.2) is 0 Å². The van der Waals surface area contributed by atoms with Crippen LogP contribution in [0.5, 0.6) is 5.75 Å². The zero-order chi connectivity index (χ0) is 25.1. The number of benzene rings is 3. The van der Waals surface area contributed by atoms with Gasteiger partial charge < -0.3 is 20.1 Å². The molecule has 36 heavy (non-hydrogen) atoms. The molecule has 0 spiro atoms. The summed E-state index contributed by atoms with van der Waals surface area (Å²) in [5.74, 6) is -0.642. The number of rotatable bonds is 6. The summed E-state index contributed by atoms with van der Waals surface area (Å²) in [5, 5.41) is 12.5. The molecule has 5 rings (SSSR count). The second-order valence-electron chi connectivity index (χ2n) is 9.27. The Hall–Kier alpha value is -3.97. The van der Waals surface area contributed by atoms with Gasteiger partial charge >= 0.3 is 0 Å². The summed E-state index contributed by atoms with van der Waals surface area (Å²) in [6.45, 7) is 0.463. The highest BCUT2D eigenvalue weighted by Crippen LogP contribution is 2.27. The lowest BCUT2D eigenvalue weighted by Crippen LogP contribution is -2.58. The molecule has 0 unspecified atom stereocenters. The Kier molecular flexibility index (Phi) is 6.82. The number of piperidine rings is 1. The number of aromatic hydroxyl groups is 1. The fourth-order valence-electron chi connectivity index (χ4n) is 4.99. The molecule has 184 valence electrons. The van der Waals surface area contributed by atoms with Gasteiger partial charge in [-0.2, -0.15) is 0 Å². The first kappa shape index (κ1) is 23.8. The summed E-state index contributed by atoms with van der Waals surface area (Å²) >= 11 is 0. The predicted octanol–water partition coefficient (Wildman–Crippen LogP) is 3.36. The Morgan fingerprint density at radius 1 is 0.972 bits per heavy atom. The molecular weight excluding hydrogens is 456 g/mol. The molecule has 0 aromatic heterocycles. The monoisotopic (exact) mass is 484 g/mol. The average molecular weight is 485 g/mol. The number of carbonyl (C=O) groups is 3. The molecule has 3 atom stereocenters. The van der Waals surface area contributed by atoms with E-state index in [1.54, 1.807) is 41.3 Å². The van der Waals surface area contributed by atoms with Crippen LogP contribution in [0.15, 0.2) is 78.9 Å². The van der Waals surface area contributed by atoms with Gasteiger partial charge in [-0.3, -0.25) is 14.4 Å². The Labute approximate surface area is 209 Å². The quantitative estimate of drug-likeness (QED) is 0.560. The predicted molar refractivity (Wildman–Crippen MR) is 134 cm³/mol. The summed E-state index contributed by atoms with van der Waals surface area (Å²) in [6, 6.07) is 22.2. The lowest BCUT2D eigenvalue weighted by molar-refractivity contribution is -0.142. The number of fused-ring (bicyclic) bond motifs is 1. The highest BCUT2D eigenvalue weighted by Gasteiger charge is 2.45. The summed E-state index contributed by atoms with van der Waals surface area (Å²) in [5.41, 5.74) is 3.26. The van der Waals surface area contributed by atoms with E-state index in [0.29, 0.717) is 12.1 Å². The van der Waals surface area contributed by atoms with Crippen LogP contribution in [-0.4, -0.2) is 58.9 Å². The molecule has 2 saturated heterocycles. The summed E-state index contributed by atoms with van der Waals surface area (Å²) in [4.78, 5) is 41.0. The Bertz CT molecular complexity index is 1240. The number of ketones is 1. The molecule has 3 aromatic carbocycles. The van der Waals surface area contributed by atoms with Crippen molar-refractivity contribution in [2.45, 2.75) is 37.5 Å². The minimum Gasteiger partial charge on any atom is -0.508 e. The number of ether oxygens (including phenoxy) is 1. The number of likely N-dealkylation sites (tertiary alicyclic amines) is 1. The number of phenolic OH excluding ortho intramolecular Hbond substituents is 1. The van der Waals surface area contributed by atoms with Crippen molar-refractivity contribution < 1.29 is 24.2 Å². The van der Waals surface area contributed by atoms with Crippen molar-refractivity contribution in [1.29, 1.82) is 0 Å². The molecule has 0 radical (unpaired) electrons. The number of phenols is 1. The normalized spacial score (nSPS) is 20.0. The molecule has 3 aromatic rings. The van der Waals surface area contributed by atoms with Crippen molar-refractivity contribution in [2.75, 3.05) is 13.2 Å². The molecule has 0 saturated carbocycles. The number of amides is 2. The van der Waals surface area contributed by atoms with Crippen LogP contribution in [0.4, 0.5) is 0 Å². The highest BCUT2D eigenvalue weighted by atomic mass is 16.5. The van der Waals surface area contributed by atoms with Crippen molar-refractivity contribution >= 4 is 17.6 Å². The van der Waals surface area contributed by atoms with Gasteiger partial charge in [0, 0.05) is 18.5 Å². The third kappa shape index (κ3) is 5.02. The van der Waals surface area contributed by atoms with Crippen molar-refractivity contribution in [3.8, 4) is 16.9 Å². The number of hydrogen-bond donors (Lipinski definition) is 2. The molecule has 2 amide bonds. The van der Waals surface area contributed by atoms with E-state index in [1.165, 1.54) is 0 Å². The van der Waals surface area contributed by atoms with Crippen molar-refractivity contribution in [2.24, 2.45) is 0 Å². The molecule has 2 fully saturated rings. The topological polar surface area (TPSA) is 95.9 Å². The molecule has 0 aliphatic carbocycles. The van der Waals surface area contributed by atoms with Gasteiger partial charge in [-0.1, -0.05) is 54.6 Å². The van der Waals surface area contributed by atoms with Gasteiger partial charge in [0.1, 0.15) is 24.4 Å². The van der Waals surface area contributed by atoms with E-state index in [9.17, 15) is 19.5 Å². The summed E-state index contributed by atoms with van der Waals surface area (Å²) < 4.78 is 5.60. The molecule has 2 N–H and O–H groups in total. The molecule has 7 nitrogen and oxygen atoms in total. The molecule has 2 aliphatic rings. The van der Waals surface area contributed by atoms with E-state index >= 15 is 0 Å². The van der Waals surface area contributed by atoms with Crippen molar-refractivity contribution in [3.63, 3.8) is 0 Å². The number of nitrogens with one attached hydrogen (secondary N) is 1. The average Bonchev–Trinajstić information content (AvgIpc) is 3.30. The maximum Gasteiger partial charge on any atom is 0.251 e. The van der Waals surface area contributed by atoms with Crippen molar-refractivity contribution in [3.05, 3.63) is 90.0 Å². The zero-order valence-corrected chi connectivity index (χ0v) is 19.8. The van der Waals surface area contributed by atoms with Crippen LogP contribution in [0.25, 0.3) is 11.1 Å². The van der Waals surface area contributed by atoms with Gasteiger partial charge in [0.2, 0.25) is 5.91 Å². The largest absolute Gasteiger partial charge is 0.508 e. The number of hydrogen-bond acceptors (Lipinski definition) is 5.